The number of amides is 1. The van der Waals surface area contributed by atoms with Gasteiger partial charge in [-0.3, -0.25) is 10.2 Å². The Balaban J connectivity index is 1.36. The maximum atomic E-state index is 12.6. The third-order valence-corrected chi connectivity index (χ3v) is 5.09. The van der Waals surface area contributed by atoms with Crippen LogP contribution in [0.2, 0.25) is 0 Å². The fourth-order valence-electron chi connectivity index (χ4n) is 3.55. The van der Waals surface area contributed by atoms with E-state index in [1.54, 1.807) is 0 Å². The first-order valence-corrected chi connectivity index (χ1v) is 8.35. The highest BCUT2D eigenvalue weighted by atomic mass is 16.2. The lowest BCUT2D eigenvalue weighted by Crippen LogP contribution is -2.47. The van der Waals surface area contributed by atoms with Gasteiger partial charge in [-0.1, -0.05) is 36.4 Å². The van der Waals surface area contributed by atoms with Gasteiger partial charge in [-0.15, -0.1) is 0 Å². The normalized spacial score (nSPS) is 28.5. The molecular weight excluding hydrogens is 274 g/mol. The molecule has 2 unspecified atom stereocenters. The van der Waals surface area contributed by atoms with Gasteiger partial charge in [-0.05, 0) is 42.7 Å². The van der Waals surface area contributed by atoms with Gasteiger partial charge in [0.25, 0.3) is 0 Å². The van der Waals surface area contributed by atoms with Crippen molar-refractivity contribution in [3.05, 3.63) is 42.0 Å². The summed E-state index contributed by atoms with van der Waals surface area (Å²) in [5.74, 6) is 1.04. The van der Waals surface area contributed by atoms with Crippen LogP contribution in [0.4, 0.5) is 0 Å². The Kier molecular flexibility index (Phi) is 3.72. The molecule has 0 spiro atoms. The molecule has 1 saturated heterocycles. The first kappa shape index (κ1) is 14.0. The smallest absolute Gasteiger partial charge is 0.241 e. The number of carbonyl (C=O) groups is 1. The minimum absolute atomic E-state index is 0.0442. The number of benzene rings is 1. The minimum Gasteiger partial charge on any atom is -0.337 e. The lowest BCUT2D eigenvalue weighted by molar-refractivity contribution is -0.132. The van der Waals surface area contributed by atoms with E-state index in [0.717, 1.165) is 31.8 Å². The van der Waals surface area contributed by atoms with Gasteiger partial charge in [0.15, 0.2) is 0 Å². The molecule has 1 saturated carbocycles. The van der Waals surface area contributed by atoms with Gasteiger partial charge in [0.05, 0.1) is 0 Å². The van der Waals surface area contributed by atoms with Gasteiger partial charge in [-0.25, -0.2) is 5.43 Å². The minimum atomic E-state index is -0.0442. The van der Waals surface area contributed by atoms with Crippen molar-refractivity contribution < 1.29 is 4.79 Å². The molecular formula is C18H23N3O. The van der Waals surface area contributed by atoms with E-state index >= 15 is 0 Å². The maximum Gasteiger partial charge on any atom is 0.241 e. The summed E-state index contributed by atoms with van der Waals surface area (Å²) in [4.78, 5) is 14.6. The molecule has 22 heavy (non-hydrogen) atoms. The van der Waals surface area contributed by atoms with Gasteiger partial charge in [0, 0.05) is 19.1 Å². The second-order valence-corrected chi connectivity index (χ2v) is 6.65. The number of hydrazine groups is 1. The Hall–Kier alpha value is -1.65. The van der Waals surface area contributed by atoms with Crippen molar-refractivity contribution in [1.82, 2.24) is 15.8 Å². The fraction of sp³-hybridized carbons (Fsp3) is 0.500. The summed E-state index contributed by atoms with van der Waals surface area (Å²) in [6, 6.07) is 10.9. The first-order chi connectivity index (χ1) is 10.8. The van der Waals surface area contributed by atoms with Crippen LogP contribution < -0.4 is 10.9 Å². The Bertz CT molecular complexity index is 579. The summed E-state index contributed by atoms with van der Waals surface area (Å²) in [5, 5.41) is 0. The zero-order chi connectivity index (χ0) is 14.9. The molecule has 2 fully saturated rings. The predicted octanol–water partition coefficient (Wildman–Crippen LogP) is 1.95. The number of rotatable bonds is 3. The zero-order valence-corrected chi connectivity index (χ0v) is 12.8. The predicted molar refractivity (Wildman–Crippen MR) is 86.8 cm³/mol. The van der Waals surface area contributed by atoms with Crippen molar-refractivity contribution in [1.29, 1.82) is 0 Å². The number of nitrogens with one attached hydrogen (secondary N) is 2. The van der Waals surface area contributed by atoms with Crippen LogP contribution in [-0.2, 0) is 4.79 Å². The SMILES string of the molecule is O=C(C1CC(C2CC2)NN1)N1CC=C(c2ccccc2)CC1. The number of hydrogen-bond acceptors (Lipinski definition) is 3. The molecule has 0 radical (unpaired) electrons. The van der Waals surface area contributed by atoms with Crippen LogP contribution in [0.3, 0.4) is 0 Å². The molecule has 2 atom stereocenters. The lowest BCUT2D eigenvalue weighted by atomic mass is 9.98. The van der Waals surface area contributed by atoms with E-state index in [1.165, 1.54) is 24.0 Å². The largest absolute Gasteiger partial charge is 0.337 e. The lowest BCUT2D eigenvalue weighted by Gasteiger charge is -2.28. The molecule has 1 aromatic rings. The third kappa shape index (κ3) is 2.81. The van der Waals surface area contributed by atoms with Gasteiger partial charge < -0.3 is 4.90 Å². The molecule has 4 rings (SSSR count). The summed E-state index contributed by atoms with van der Waals surface area (Å²) in [6.45, 7) is 1.56. The zero-order valence-electron chi connectivity index (χ0n) is 12.8. The van der Waals surface area contributed by atoms with E-state index in [0.29, 0.717) is 6.04 Å². The van der Waals surface area contributed by atoms with Crippen LogP contribution in [0.25, 0.3) is 5.57 Å². The first-order valence-electron chi connectivity index (χ1n) is 8.35. The van der Waals surface area contributed by atoms with Crippen molar-refractivity contribution in [2.24, 2.45) is 5.92 Å². The Morgan fingerprint density at radius 2 is 1.95 bits per heavy atom. The molecule has 0 bridgehead atoms. The summed E-state index contributed by atoms with van der Waals surface area (Å²) >= 11 is 0. The highest BCUT2D eigenvalue weighted by Crippen LogP contribution is 2.36. The summed E-state index contributed by atoms with van der Waals surface area (Å²) in [5.41, 5.74) is 9.16. The van der Waals surface area contributed by atoms with E-state index in [9.17, 15) is 4.79 Å². The highest BCUT2D eigenvalue weighted by molar-refractivity contribution is 5.83. The molecule has 1 aliphatic carbocycles. The third-order valence-electron chi connectivity index (χ3n) is 5.09. The molecule has 4 heteroatoms. The molecule has 2 heterocycles. The topological polar surface area (TPSA) is 44.4 Å². The Morgan fingerprint density at radius 3 is 2.64 bits per heavy atom. The van der Waals surface area contributed by atoms with Crippen molar-refractivity contribution in [3.63, 3.8) is 0 Å². The summed E-state index contributed by atoms with van der Waals surface area (Å²) < 4.78 is 0. The highest BCUT2D eigenvalue weighted by Gasteiger charge is 2.40. The van der Waals surface area contributed by atoms with Crippen molar-refractivity contribution >= 4 is 11.5 Å². The van der Waals surface area contributed by atoms with Crippen LogP contribution in [0.5, 0.6) is 0 Å². The quantitative estimate of drug-likeness (QED) is 0.896. The monoisotopic (exact) mass is 297 g/mol. The van der Waals surface area contributed by atoms with Crippen LogP contribution in [0.1, 0.15) is 31.2 Å². The van der Waals surface area contributed by atoms with Crippen molar-refractivity contribution in [2.75, 3.05) is 13.1 Å². The Morgan fingerprint density at radius 1 is 1.14 bits per heavy atom. The van der Waals surface area contributed by atoms with E-state index in [-0.39, 0.29) is 11.9 Å². The van der Waals surface area contributed by atoms with Crippen molar-refractivity contribution in [3.8, 4) is 0 Å². The van der Waals surface area contributed by atoms with Crippen LogP contribution in [-0.4, -0.2) is 36.0 Å². The van der Waals surface area contributed by atoms with Crippen LogP contribution in [0.15, 0.2) is 36.4 Å². The molecule has 2 aliphatic heterocycles. The average molecular weight is 297 g/mol. The number of carbonyl (C=O) groups excluding carboxylic acids is 1. The molecule has 0 aromatic heterocycles. The van der Waals surface area contributed by atoms with E-state index in [2.05, 4.69) is 41.2 Å². The fourth-order valence-corrected chi connectivity index (χ4v) is 3.55. The van der Waals surface area contributed by atoms with Gasteiger partial charge >= 0.3 is 0 Å². The number of nitrogens with zero attached hydrogens (tertiary/aromatic N) is 1. The second-order valence-electron chi connectivity index (χ2n) is 6.65. The molecule has 2 N–H and O–H groups in total. The molecule has 1 amide bonds. The standard InChI is InChI=1S/C18H23N3O/c22-18(17-12-16(19-20-17)15-6-7-15)21-10-8-14(9-11-21)13-4-2-1-3-5-13/h1-5,8,15-17,19-20H,6-7,9-12H2. The van der Waals surface area contributed by atoms with E-state index < -0.39 is 0 Å². The van der Waals surface area contributed by atoms with Crippen LogP contribution >= 0.6 is 0 Å². The van der Waals surface area contributed by atoms with E-state index in [1.807, 2.05) is 11.0 Å². The average Bonchev–Trinajstić information content (AvgIpc) is 3.32. The van der Waals surface area contributed by atoms with Gasteiger partial charge in [0.1, 0.15) is 6.04 Å². The maximum absolute atomic E-state index is 12.6. The van der Waals surface area contributed by atoms with Crippen LogP contribution in [0, 0.1) is 5.92 Å². The molecule has 3 aliphatic rings. The van der Waals surface area contributed by atoms with E-state index in [4.69, 9.17) is 0 Å². The number of hydrogen-bond donors (Lipinski definition) is 2. The van der Waals surface area contributed by atoms with Gasteiger partial charge in [-0.2, -0.15) is 0 Å². The Labute approximate surface area is 131 Å². The molecule has 1 aromatic carbocycles. The second kappa shape index (κ2) is 5.86. The molecule has 4 nitrogen and oxygen atoms in total. The summed E-state index contributed by atoms with van der Waals surface area (Å²) in [6.07, 6.45) is 6.72. The summed E-state index contributed by atoms with van der Waals surface area (Å²) in [7, 11) is 0. The van der Waals surface area contributed by atoms with Crippen molar-refractivity contribution in [2.45, 2.75) is 37.8 Å². The van der Waals surface area contributed by atoms with Gasteiger partial charge in [0.2, 0.25) is 5.91 Å². The molecule has 116 valence electrons.